The SMILES string of the molecule is CN(C)C(=O)NC[C@H]1CN(Cc2cccnc2)Cc2cncn21. The second-order valence-corrected chi connectivity index (χ2v) is 6.06. The van der Waals surface area contributed by atoms with Gasteiger partial charge in [0, 0.05) is 58.9 Å². The predicted octanol–water partition coefficient (Wildman–Crippen LogP) is 1.11. The maximum atomic E-state index is 11.8. The molecule has 7 nitrogen and oxygen atoms in total. The summed E-state index contributed by atoms with van der Waals surface area (Å²) in [5.74, 6) is 0. The number of aromatic nitrogens is 3. The topological polar surface area (TPSA) is 66.3 Å². The number of nitrogens with one attached hydrogen (secondary N) is 1. The molecule has 7 heteroatoms. The van der Waals surface area contributed by atoms with Gasteiger partial charge >= 0.3 is 6.03 Å². The van der Waals surface area contributed by atoms with E-state index in [1.54, 1.807) is 25.2 Å². The largest absolute Gasteiger partial charge is 0.336 e. The van der Waals surface area contributed by atoms with Gasteiger partial charge in [-0.3, -0.25) is 9.88 Å². The molecule has 0 fully saturated rings. The summed E-state index contributed by atoms with van der Waals surface area (Å²) in [4.78, 5) is 24.1. The van der Waals surface area contributed by atoms with Crippen molar-refractivity contribution in [1.82, 2.24) is 29.7 Å². The second-order valence-electron chi connectivity index (χ2n) is 6.06. The fourth-order valence-corrected chi connectivity index (χ4v) is 2.86. The van der Waals surface area contributed by atoms with E-state index in [0.717, 1.165) is 19.6 Å². The number of hydrogen-bond donors (Lipinski definition) is 1. The zero-order valence-corrected chi connectivity index (χ0v) is 13.5. The maximum Gasteiger partial charge on any atom is 0.316 e. The highest BCUT2D eigenvalue weighted by atomic mass is 16.2. The van der Waals surface area contributed by atoms with Crippen LogP contribution in [-0.4, -0.2) is 57.6 Å². The minimum atomic E-state index is -0.0731. The summed E-state index contributed by atoms with van der Waals surface area (Å²) in [5.41, 5.74) is 2.36. The van der Waals surface area contributed by atoms with E-state index in [-0.39, 0.29) is 12.1 Å². The molecule has 1 aliphatic rings. The van der Waals surface area contributed by atoms with E-state index >= 15 is 0 Å². The van der Waals surface area contributed by atoms with Crippen LogP contribution in [0.25, 0.3) is 0 Å². The average Bonchev–Trinajstić information content (AvgIpc) is 3.01. The van der Waals surface area contributed by atoms with E-state index in [1.807, 2.05) is 24.8 Å². The highest BCUT2D eigenvalue weighted by molar-refractivity contribution is 5.73. The monoisotopic (exact) mass is 314 g/mol. The number of hydrogen-bond acceptors (Lipinski definition) is 4. The lowest BCUT2D eigenvalue weighted by molar-refractivity contribution is 0.171. The molecule has 122 valence electrons. The predicted molar refractivity (Wildman–Crippen MR) is 86.7 cm³/mol. The number of carbonyl (C=O) groups excluding carboxylic acids is 1. The molecule has 3 heterocycles. The van der Waals surface area contributed by atoms with Crippen molar-refractivity contribution < 1.29 is 4.79 Å². The number of amides is 2. The van der Waals surface area contributed by atoms with Crippen LogP contribution in [0.15, 0.2) is 37.1 Å². The van der Waals surface area contributed by atoms with Crippen LogP contribution in [0.1, 0.15) is 17.3 Å². The third-order valence-electron chi connectivity index (χ3n) is 4.02. The van der Waals surface area contributed by atoms with Gasteiger partial charge in [-0.05, 0) is 11.6 Å². The normalized spacial score (nSPS) is 17.6. The van der Waals surface area contributed by atoms with Crippen LogP contribution in [0, 0.1) is 0 Å². The lowest BCUT2D eigenvalue weighted by atomic mass is 10.1. The molecular formula is C16H22N6O. The highest BCUT2D eigenvalue weighted by Gasteiger charge is 2.25. The molecule has 0 spiro atoms. The van der Waals surface area contributed by atoms with Crippen molar-refractivity contribution in [3.63, 3.8) is 0 Å². The van der Waals surface area contributed by atoms with Gasteiger partial charge in [0.05, 0.1) is 18.1 Å². The lowest BCUT2D eigenvalue weighted by Crippen LogP contribution is -2.44. The highest BCUT2D eigenvalue weighted by Crippen LogP contribution is 2.21. The van der Waals surface area contributed by atoms with E-state index in [0.29, 0.717) is 6.54 Å². The van der Waals surface area contributed by atoms with Gasteiger partial charge in [0.15, 0.2) is 0 Å². The molecule has 23 heavy (non-hydrogen) atoms. The Balaban J connectivity index is 1.68. The molecule has 1 N–H and O–H groups in total. The first-order chi connectivity index (χ1) is 11.1. The van der Waals surface area contributed by atoms with E-state index < -0.39 is 0 Å². The molecule has 2 aromatic heterocycles. The quantitative estimate of drug-likeness (QED) is 0.918. The molecule has 0 bridgehead atoms. The van der Waals surface area contributed by atoms with Gasteiger partial charge in [0.25, 0.3) is 0 Å². The minimum absolute atomic E-state index is 0.0731. The van der Waals surface area contributed by atoms with Crippen molar-refractivity contribution >= 4 is 6.03 Å². The first kappa shape index (κ1) is 15.5. The van der Waals surface area contributed by atoms with Gasteiger partial charge in [-0.2, -0.15) is 0 Å². The molecule has 2 aromatic rings. The molecule has 0 aromatic carbocycles. The fraction of sp³-hybridized carbons (Fsp3) is 0.438. The van der Waals surface area contributed by atoms with Crippen molar-refractivity contribution in [2.45, 2.75) is 19.1 Å². The Labute approximate surface area is 135 Å². The Hall–Kier alpha value is -2.41. The number of imidazole rings is 1. The van der Waals surface area contributed by atoms with E-state index in [1.165, 1.54) is 11.3 Å². The fourth-order valence-electron chi connectivity index (χ4n) is 2.86. The standard InChI is InChI=1S/C16H22N6O/c1-20(2)16(23)19-8-15-11-21(9-13-4-3-5-17-6-13)10-14-7-18-12-22(14)15/h3-7,12,15H,8-11H2,1-2H3,(H,19,23)/t15-/m0/s1. The molecule has 3 rings (SSSR count). The van der Waals surface area contributed by atoms with Crippen LogP contribution in [0.5, 0.6) is 0 Å². The maximum absolute atomic E-state index is 11.8. The van der Waals surface area contributed by atoms with Gasteiger partial charge in [0.1, 0.15) is 0 Å². The number of rotatable bonds is 4. The van der Waals surface area contributed by atoms with Gasteiger partial charge in [-0.1, -0.05) is 6.07 Å². The molecule has 0 aliphatic carbocycles. The zero-order valence-electron chi connectivity index (χ0n) is 13.5. The number of pyridine rings is 1. The summed E-state index contributed by atoms with van der Waals surface area (Å²) in [7, 11) is 3.49. The number of fused-ring (bicyclic) bond motifs is 1. The van der Waals surface area contributed by atoms with Crippen LogP contribution in [0.3, 0.4) is 0 Å². The minimum Gasteiger partial charge on any atom is -0.336 e. The van der Waals surface area contributed by atoms with Crippen LogP contribution >= 0.6 is 0 Å². The number of nitrogens with zero attached hydrogens (tertiary/aromatic N) is 5. The molecule has 0 unspecified atom stereocenters. The summed E-state index contributed by atoms with van der Waals surface area (Å²) in [5, 5.41) is 2.97. The Morgan fingerprint density at radius 1 is 1.39 bits per heavy atom. The summed E-state index contributed by atoms with van der Waals surface area (Å²) >= 11 is 0. The van der Waals surface area contributed by atoms with Crippen molar-refractivity contribution in [2.24, 2.45) is 0 Å². The first-order valence-corrected chi connectivity index (χ1v) is 7.70. The van der Waals surface area contributed by atoms with E-state index in [2.05, 4.69) is 30.8 Å². The Morgan fingerprint density at radius 3 is 3.00 bits per heavy atom. The molecule has 1 aliphatic heterocycles. The van der Waals surface area contributed by atoms with Crippen molar-refractivity contribution in [3.05, 3.63) is 48.3 Å². The zero-order chi connectivity index (χ0) is 16.2. The van der Waals surface area contributed by atoms with Crippen LogP contribution in [-0.2, 0) is 13.1 Å². The molecule has 1 atom stereocenters. The summed E-state index contributed by atoms with van der Waals surface area (Å²) in [6.45, 7) is 3.15. The van der Waals surface area contributed by atoms with E-state index in [9.17, 15) is 4.79 Å². The third-order valence-corrected chi connectivity index (χ3v) is 4.02. The molecule has 0 radical (unpaired) electrons. The van der Waals surface area contributed by atoms with Crippen LogP contribution < -0.4 is 5.32 Å². The molecule has 0 saturated carbocycles. The average molecular weight is 314 g/mol. The Kier molecular flexibility index (Phi) is 4.57. The second kappa shape index (κ2) is 6.78. The molecule has 2 amide bonds. The van der Waals surface area contributed by atoms with Gasteiger partial charge in [0.2, 0.25) is 0 Å². The molecule has 0 saturated heterocycles. The molecular weight excluding hydrogens is 292 g/mol. The van der Waals surface area contributed by atoms with Crippen molar-refractivity contribution in [1.29, 1.82) is 0 Å². The number of carbonyl (C=O) groups is 1. The third kappa shape index (κ3) is 3.68. The van der Waals surface area contributed by atoms with Crippen molar-refractivity contribution in [3.8, 4) is 0 Å². The Bertz CT molecular complexity index is 654. The first-order valence-electron chi connectivity index (χ1n) is 7.70. The van der Waals surface area contributed by atoms with Gasteiger partial charge in [-0.15, -0.1) is 0 Å². The summed E-state index contributed by atoms with van der Waals surface area (Å²) < 4.78 is 2.16. The summed E-state index contributed by atoms with van der Waals surface area (Å²) in [6.07, 6.45) is 7.43. The van der Waals surface area contributed by atoms with Crippen LogP contribution in [0.2, 0.25) is 0 Å². The van der Waals surface area contributed by atoms with Gasteiger partial charge in [-0.25, -0.2) is 9.78 Å². The summed E-state index contributed by atoms with van der Waals surface area (Å²) in [6, 6.07) is 4.15. The smallest absolute Gasteiger partial charge is 0.316 e. The Morgan fingerprint density at radius 2 is 2.26 bits per heavy atom. The van der Waals surface area contributed by atoms with Crippen LogP contribution in [0.4, 0.5) is 4.79 Å². The van der Waals surface area contributed by atoms with Crippen molar-refractivity contribution in [2.75, 3.05) is 27.2 Å². The van der Waals surface area contributed by atoms with Gasteiger partial charge < -0.3 is 14.8 Å². The lowest BCUT2D eigenvalue weighted by Gasteiger charge is -2.34. The number of urea groups is 1. The van der Waals surface area contributed by atoms with E-state index in [4.69, 9.17) is 0 Å².